The van der Waals surface area contributed by atoms with Gasteiger partial charge in [-0.1, -0.05) is 0 Å². The number of thioether (sulfide) groups is 1. The van der Waals surface area contributed by atoms with Gasteiger partial charge in [0.25, 0.3) is 0 Å². The predicted octanol–water partition coefficient (Wildman–Crippen LogP) is 0.606. The largest absolute Gasteiger partial charge is 0.353 e. The molecule has 0 bridgehead atoms. The van der Waals surface area contributed by atoms with Gasteiger partial charge in [0.15, 0.2) is 0 Å². The Hall–Kier alpha value is -0.220. The summed E-state index contributed by atoms with van der Waals surface area (Å²) >= 11 is 1.76. The molecule has 0 aliphatic carbocycles. The second-order valence-corrected chi connectivity index (χ2v) is 4.94. The molecule has 1 unspecified atom stereocenters. The van der Waals surface area contributed by atoms with Crippen LogP contribution in [0.4, 0.5) is 0 Å². The first-order chi connectivity index (χ1) is 6.18. The maximum absolute atomic E-state index is 11.3. The summed E-state index contributed by atoms with van der Waals surface area (Å²) < 4.78 is 0. The van der Waals surface area contributed by atoms with Crippen molar-refractivity contribution in [3.8, 4) is 0 Å². The van der Waals surface area contributed by atoms with E-state index in [0.717, 1.165) is 13.1 Å². The molecule has 0 saturated carbocycles. The summed E-state index contributed by atoms with van der Waals surface area (Å²) in [5.74, 6) is 0.761. The first kappa shape index (κ1) is 10.9. The molecule has 3 nitrogen and oxygen atoms in total. The van der Waals surface area contributed by atoms with E-state index in [2.05, 4.69) is 10.6 Å². The van der Waals surface area contributed by atoms with E-state index in [1.165, 1.54) is 6.42 Å². The van der Waals surface area contributed by atoms with Gasteiger partial charge in [-0.25, -0.2) is 0 Å². The minimum Gasteiger partial charge on any atom is -0.353 e. The monoisotopic (exact) mass is 202 g/mol. The molecular weight excluding hydrogens is 184 g/mol. The highest BCUT2D eigenvalue weighted by Gasteiger charge is 2.16. The van der Waals surface area contributed by atoms with Crippen molar-refractivity contribution in [2.75, 3.05) is 18.8 Å². The standard InChI is InChI=1S/C9H18N2OS/c1-7(2)11-9(12)6-13-8-3-4-10-5-8/h7-8,10H,3-6H2,1-2H3,(H,11,12). The Bertz CT molecular complexity index is 167. The third-order valence-corrected chi connectivity index (χ3v) is 3.22. The maximum atomic E-state index is 11.3. The van der Waals surface area contributed by atoms with E-state index < -0.39 is 0 Å². The van der Waals surface area contributed by atoms with Crippen molar-refractivity contribution in [1.29, 1.82) is 0 Å². The average molecular weight is 202 g/mol. The maximum Gasteiger partial charge on any atom is 0.230 e. The Morgan fingerprint density at radius 1 is 1.69 bits per heavy atom. The van der Waals surface area contributed by atoms with E-state index in [1.54, 1.807) is 11.8 Å². The number of rotatable bonds is 4. The van der Waals surface area contributed by atoms with Crippen LogP contribution in [0.25, 0.3) is 0 Å². The van der Waals surface area contributed by atoms with Gasteiger partial charge in [-0.2, -0.15) is 0 Å². The van der Waals surface area contributed by atoms with Crippen LogP contribution in [-0.2, 0) is 4.79 Å². The molecule has 1 saturated heterocycles. The van der Waals surface area contributed by atoms with Crippen molar-refractivity contribution in [1.82, 2.24) is 10.6 Å². The number of amides is 1. The van der Waals surface area contributed by atoms with Crippen LogP contribution in [0.2, 0.25) is 0 Å². The second-order valence-electron chi connectivity index (χ2n) is 3.65. The van der Waals surface area contributed by atoms with Crippen LogP contribution in [-0.4, -0.2) is 36.0 Å². The first-order valence-electron chi connectivity index (χ1n) is 4.80. The Labute approximate surface area is 84.0 Å². The SMILES string of the molecule is CC(C)NC(=O)CSC1CCNC1. The van der Waals surface area contributed by atoms with Gasteiger partial charge >= 0.3 is 0 Å². The summed E-state index contributed by atoms with van der Waals surface area (Å²) in [4.78, 5) is 11.3. The summed E-state index contributed by atoms with van der Waals surface area (Å²) in [5.41, 5.74) is 0. The lowest BCUT2D eigenvalue weighted by molar-refractivity contribution is -0.119. The smallest absolute Gasteiger partial charge is 0.230 e. The lowest BCUT2D eigenvalue weighted by atomic mass is 10.4. The summed E-state index contributed by atoms with van der Waals surface area (Å²) in [6.07, 6.45) is 1.19. The van der Waals surface area contributed by atoms with E-state index in [1.807, 2.05) is 13.8 Å². The summed E-state index contributed by atoms with van der Waals surface area (Å²) in [6.45, 7) is 6.13. The highest BCUT2D eigenvalue weighted by molar-refractivity contribution is 8.00. The molecule has 1 aliphatic rings. The van der Waals surface area contributed by atoms with Crippen LogP contribution in [0.15, 0.2) is 0 Å². The molecule has 2 N–H and O–H groups in total. The normalized spacial score (nSPS) is 22.2. The molecule has 0 aromatic rings. The zero-order valence-electron chi connectivity index (χ0n) is 8.30. The Morgan fingerprint density at radius 3 is 3.00 bits per heavy atom. The molecule has 76 valence electrons. The lowest BCUT2D eigenvalue weighted by Crippen LogP contribution is -2.32. The number of carbonyl (C=O) groups is 1. The molecular formula is C9H18N2OS. The summed E-state index contributed by atoms with van der Waals surface area (Å²) in [7, 11) is 0. The molecule has 1 rings (SSSR count). The van der Waals surface area contributed by atoms with E-state index in [4.69, 9.17) is 0 Å². The van der Waals surface area contributed by atoms with Crippen LogP contribution in [0.5, 0.6) is 0 Å². The third kappa shape index (κ3) is 4.52. The Morgan fingerprint density at radius 2 is 2.46 bits per heavy atom. The molecule has 0 spiro atoms. The highest BCUT2D eigenvalue weighted by Crippen LogP contribution is 2.16. The Kier molecular flexibility index (Phi) is 4.59. The topological polar surface area (TPSA) is 41.1 Å². The zero-order valence-corrected chi connectivity index (χ0v) is 9.12. The molecule has 1 amide bonds. The van der Waals surface area contributed by atoms with E-state index in [-0.39, 0.29) is 11.9 Å². The number of nitrogens with one attached hydrogen (secondary N) is 2. The van der Waals surface area contributed by atoms with Crippen LogP contribution in [0.1, 0.15) is 20.3 Å². The fourth-order valence-electron chi connectivity index (χ4n) is 1.33. The van der Waals surface area contributed by atoms with Gasteiger partial charge in [-0.05, 0) is 26.8 Å². The van der Waals surface area contributed by atoms with Gasteiger partial charge < -0.3 is 10.6 Å². The van der Waals surface area contributed by atoms with Gasteiger partial charge in [-0.15, -0.1) is 11.8 Å². The summed E-state index contributed by atoms with van der Waals surface area (Å²) in [6, 6.07) is 0.259. The van der Waals surface area contributed by atoms with E-state index >= 15 is 0 Å². The van der Waals surface area contributed by atoms with Gasteiger partial charge in [0, 0.05) is 17.8 Å². The molecule has 4 heteroatoms. The lowest BCUT2D eigenvalue weighted by Gasteiger charge is -2.10. The minimum absolute atomic E-state index is 0.159. The molecule has 0 aromatic carbocycles. The van der Waals surface area contributed by atoms with Crippen molar-refractivity contribution in [2.45, 2.75) is 31.6 Å². The summed E-state index contributed by atoms with van der Waals surface area (Å²) in [5, 5.41) is 6.81. The van der Waals surface area contributed by atoms with Crippen molar-refractivity contribution < 1.29 is 4.79 Å². The highest BCUT2D eigenvalue weighted by atomic mass is 32.2. The van der Waals surface area contributed by atoms with Gasteiger partial charge in [0.1, 0.15) is 0 Å². The van der Waals surface area contributed by atoms with Crippen LogP contribution in [0.3, 0.4) is 0 Å². The molecule has 1 heterocycles. The first-order valence-corrected chi connectivity index (χ1v) is 5.85. The molecule has 1 fully saturated rings. The number of hydrogen-bond donors (Lipinski definition) is 2. The predicted molar refractivity (Wildman–Crippen MR) is 57.0 cm³/mol. The Balaban J connectivity index is 2.07. The van der Waals surface area contributed by atoms with E-state index in [0.29, 0.717) is 11.0 Å². The third-order valence-electron chi connectivity index (χ3n) is 1.91. The number of carbonyl (C=O) groups excluding carboxylic acids is 1. The molecule has 1 atom stereocenters. The molecule has 0 aromatic heterocycles. The van der Waals surface area contributed by atoms with Crippen molar-refractivity contribution in [3.63, 3.8) is 0 Å². The number of hydrogen-bond acceptors (Lipinski definition) is 3. The van der Waals surface area contributed by atoms with Crippen molar-refractivity contribution >= 4 is 17.7 Å². The van der Waals surface area contributed by atoms with Gasteiger partial charge in [-0.3, -0.25) is 4.79 Å². The van der Waals surface area contributed by atoms with Crippen LogP contribution in [0, 0.1) is 0 Å². The van der Waals surface area contributed by atoms with Crippen molar-refractivity contribution in [3.05, 3.63) is 0 Å². The van der Waals surface area contributed by atoms with Crippen LogP contribution >= 0.6 is 11.8 Å². The fourth-order valence-corrected chi connectivity index (χ4v) is 2.32. The molecule has 13 heavy (non-hydrogen) atoms. The average Bonchev–Trinajstić information content (AvgIpc) is 2.51. The van der Waals surface area contributed by atoms with Crippen molar-refractivity contribution in [2.24, 2.45) is 0 Å². The fraction of sp³-hybridized carbons (Fsp3) is 0.889. The van der Waals surface area contributed by atoms with Gasteiger partial charge in [0.05, 0.1) is 5.75 Å². The van der Waals surface area contributed by atoms with Gasteiger partial charge in [0.2, 0.25) is 5.91 Å². The minimum atomic E-state index is 0.159. The molecule has 1 aliphatic heterocycles. The second kappa shape index (κ2) is 5.50. The zero-order chi connectivity index (χ0) is 9.68. The molecule has 0 radical (unpaired) electrons. The van der Waals surface area contributed by atoms with Crippen LogP contribution < -0.4 is 10.6 Å². The quantitative estimate of drug-likeness (QED) is 0.701. The van der Waals surface area contributed by atoms with E-state index in [9.17, 15) is 4.79 Å².